The lowest BCUT2D eigenvalue weighted by Gasteiger charge is -2.49. The van der Waals surface area contributed by atoms with Crippen molar-refractivity contribution in [2.24, 2.45) is 13.0 Å². The first-order valence-corrected chi connectivity index (χ1v) is 11.4. The number of hydrogen-bond acceptors (Lipinski definition) is 4. The third kappa shape index (κ3) is 3.97. The minimum absolute atomic E-state index is 0.323. The zero-order valence-corrected chi connectivity index (χ0v) is 17.8. The van der Waals surface area contributed by atoms with Crippen LogP contribution in [-0.2, 0) is 11.8 Å². The molecule has 1 saturated carbocycles. The lowest BCUT2D eigenvalue weighted by molar-refractivity contribution is -0.00222. The molecule has 0 radical (unpaired) electrons. The van der Waals surface area contributed by atoms with E-state index in [4.69, 9.17) is 9.84 Å². The molecule has 1 N–H and O–H groups in total. The minimum Gasteiger partial charge on any atom is -0.448 e. The third-order valence-electron chi connectivity index (χ3n) is 7.39. The van der Waals surface area contributed by atoms with Crippen LogP contribution in [0.15, 0.2) is 36.4 Å². The Morgan fingerprint density at radius 2 is 2.00 bits per heavy atom. The molecule has 6 nitrogen and oxygen atoms in total. The van der Waals surface area contributed by atoms with Gasteiger partial charge in [0.15, 0.2) is 0 Å². The summed E-state index contributed by atoms with van der Waals surface area (Å²) < 4.78 is 7.70. The number of aromatic nitrogens is 2. The molecule has 1 aliphatic carbocycles. The summed E-state index contributed by atoms with van der Waals surface area (Å²) in [6, 6.07) is 12.2. The first-order chi connectivity index (χ1) is 14.7. The molecular weight excluding hydrogens is 376 g/mol. The van der Waals surface area contributed by atoms with Gasteiger partial charge in [-0.05, 0) is 56.3 Å². The largest absolute Gasteiger partial charge is 0.448 e. The van der Waals surface area contributed by atoms with Crippen molar-refractivity contribution >= 4 is 11.8 Å². The summed E-state index contributed by atoms with van der Waals surface area (Å²) in [5.74, 6) is 1.85. The summed E-state index contributed by atoms with van der Waals surface area (Å²) in [5, 5.41) is 7.70. The Hall–Kier alpha value is -2.34. The van der Waals surface area contributed by atoms with Crippen LogP contribution in [0, 0.1) is 5.92 Å². The first-order valence-electron chi connectivity index (χ1n) is 11.4. The fourth-order valence-corrected chi connectivity index (χ4v) is 5.77. The molecule has 1 amide bonds. The highest BCUT2D eigenvalue weighted by Crippen LogP contribution is 2.43. The highest BCUT2D eigenvalue weighted by Gasteiger charge is 2.42. The summed E-state index contributed by atoms with van der Waals surface area (Å²) in [6.07, 6.45) is 7.22. The summed E-state index contributed by atoms with van der Waals surface area (Å²) in [7, 11) is 2.11. The van der Waals surface area contributed by atoms with E-state index in [1.54, 1.807) is 0 Å². The Bertz CT molecular complexity index is 875. The molecule has 4 fully saturated rings. The second-order valence-corrected chi connectivity index (χ2v) is 9.23. The van der Waals surface area contributed by atoms with Gasteiger partial charge in [-0.15, -0.1) is 0 Å². The number of piperidine rings is 3. The van der Waals surface area contributed by atoms with E-state index in [9.17, 15) is 4.79 Å². The Balaban J connectivity index is 1.19. The van der Waals surface area contributed by atoms with Gasteiger partial charge in [-0.1, -0.05) is 31.0 Å². The number of carbonyl (C=O) groups excluding carboxylic acids is 1. The molecule has 1 aromatic carbocycles. The molecule has 2 aromatic rings. The fourth-order valence-electron chi connectivity index (χ4n) is 5.77. The molecule has 6 rings (SSSR count). The summed E-state index contributed by atoms with van der Waals surface area (Å²) in [6.45, 7) is 2.60. The Morgan fingerprint density at radius 1 is 1.20 bits per heavy atom. The Kier molecular flexibility index (Phi) is 5.50. The molecule has 3 saturated heterocycles. The van der Waals surface area contributed by atoms with Gasteiger partial charge in [-0.3, -0.25) is 14.9 Å². The fraction of sp³-hybridized carbons (Fsp3) is 0.583. The normalized spacial score (nSPS) is 28.6. The maximum absolute atomic E-state index is 12.2. The molecule has 4 aliphatic rings. The van der Waals surface area contributed by atoms with Crippen LogP contribution in [0.5, 0.6) is 0 Å². The number of hydrogen-bond donors (Lipinski definition) is 1. The van der Waals surface area contributed by atoms with Crippen LogP contribution in [0.3, 0.4) is 0 Å². The average Bonchev–Trinajstić information content (AvgIpc) is 3.43. The molecular formula is C24H32N4O2. The molecule has 4 heterocycles. The van der Waals surface area contributed by atoms with E-state index in [-0.39, 0.29) is 6.09 Å². The number of amides is 1. The number of aryl methyl sites for hydroxylation is 1. The molecule has 160 valence electrons. The van der Waals surface area contributed by atoms with E-state index in [1.807, 2.05) is 30.3 Å². The number of ether oxygens (including phenoxy) is 1. The van der Waals surface area contributed by atoms with E-state index in [0.717, 1.165) is 25.2 Å². The maximum atomic E-state index is 12.2. The Labute approximate surface area is 178 Å². The SMILES string of the molecule is Cn1nc(C2CCCC2)cc1[C@H]1CN2CC[C@H]1C[C@@H]2COC(=O)Nc1ccccc1. The number of rotatable bonds is 5. The third-order valence-corrected chi connectivity index (χ3v) is 7.39. The van der Waals surface area contributed by atoms with Crippen molar-refractivity contribution < 1.29 is 9.53 Å². The van der Waals surface area contributed by atoms with Crippen LogP contribution in [0.1, 0.15) is 61.7 Å². The van der Waals surface area contributed by atoms with Crippen molar-refractivity contribution in [2.45, 2.75) is 56.4 Å². The minimum atomic E-state index is -0.367. The number of anilines is 1. The summed E-state index contributed by atoms with van der Waals surface area (Å²) >= 11 is 0. The van der Waals surface area contributed by atoms with Crippen molar-refractivity contribution in [3.05, 3.63) is 47.8 Å². The van der Waals surface area contributed by atoms with Crippen LogP contribution in [0.2, 0.25) is 0 Å². The summed E-state index contributed by atoms with van der Waals surface area (Å²) in [5.41, 5.74) is 3.47. The van der Waals surface area contributed by atoms with Crippen LogP contribution in [0.4, 0.5) is 10.5 Å². The number of fused-ring (bicyclic) bond motifs is 3. The van der Waals surface area contributed by atoms with Crippen LogP contribution in [0.25, 0.3) is 0 Å². The molecule has 1 aromatic heterocycles. The molecule has 1 unspecified atom stereocenters. The lowest BCUT2D eigenvalue weighted by Crippen LogP contribution is -2.54. The van der Waals surface area contributed by atoms with Crippen molar-refractivity contribution in [1.82, 2.24) is 14.7 Å². The van der Waals surface area contributed by atoms with E-state index >= 15 is 0 Å². The highest BCUT2D eigenvalue weighted by atomic mass is 16.5. The smallest absolute Gasteiger partial charge is 0.411 e. The zero-order valence-electron chi connectivity index (χ0n) is 17.8. The van der Waals surface area contributed by atoms with Crippen molar-refractivity contribution in [3.63, 3.8) is 0 Å². The molecule has 3 aliphatic heterocycles. The van der Waals surface area contributed by atoms with Gasteiger partial charge >= 0.3 is 6.09 Å². The molecule has 6 heteroatoms. The molecule has 4 atom stereocenters. The predicted molar refractivity (Wildman–Crippen MR) is 117 cm³/mol. The van der Waals surface area contributed by atoms with Gasteiger partial charge in [-0.2, -0.15) is 5.10 Å². The van der Waals surface area contributed by atoms with E-state index in [0.29, 0.717) is 30.4 Å². The first kappa shape index (κ1) is 19.6. The highest BCUT2D eigenvalue weighted by molar-refractivity contribution is 5.84. The van der Waals surface area contributed by atoms with Gasteiger partial charge in [0.1, 0.15) is 6.61 Å². The van der Waals surface area contributed by atoms with Gasteiger partial charge in [-0.25, -0.2) is 4.79 Å². The molecule has 2 bridgehead atoms. The van der Waals surface area contributed by atoms with Gasteiger partial charge in [0.2, 0.25) is 0 Å². The molecule has 30 heavy (non-hydrogen) atoms. The second-order valence-electron chi connectivity index (χ2n) is 9.23. The standard InChI is InChI=1S/C24H32N4O2/c1-27-23(14-22(26-27)17-7-5-6-8-17)21-15-28-12-11-18(21)13-20(28)16-30-24(29)25-19-9-3-2-4-10-19/h2-4,9-10,14,17-18,20-21H,5-8,11-13,15-16H2,1H3,(H,25,29)/t18-,20+,21-/m0/s1. The number of benzene rings is 1. The zero-order chi connectivity index (χ0) is 20.5. The van der Waals surface area contributed by atoms with Gasteiger partial charge in [0, 0.05) is 42.9 Å². The van der Waals surface area contributed by atoms with Crippen LogP contribution in [-0.4, -0.2) is 46.5 Å². The molecule has 0 spiro atoms. The number of nitrogens with zero attached hydrogens (tertiary/aromatic N) is 3. The van der Waals surface area contributed by atoms with Crippen molar-refractivity contribution in [1.29, 1.82) is 0 Å². The monoisotopic (exact) mass is 408 g/mol. The number of nitrogens with one attached hydrogen (secondary N) is 1. The average molecular weight is 409 g/mol. The summed E-state index contributed by atoms with van der Waals surface area (Å²) in [4.78, 5) is 14.7. The lowest BCUT2D eigenvalue weighted by atomic mass is 9.74. The quantitative estimate of drug-likeness (QED) is 0.791. The van der Waals surface area contributed by atoms with E-state index in [2.05, 4.69) is 28.0 Å². The van der Waals surface area contributed by atoms with Gasteiger partial charge in [0.05, 0.1) is 5.69 Å². The predicted octanol–water partition coefficient (Wildman–Crippen LogP) is 4.50. The van der Waals surface area contributed by atoms with Gasteiger partial charge < -0.3 is 4.74 Å². The van der Waals surface area contributed by atoms with E-state index in [1.165, 1.54) is 43.5 Å². The Morgan fingerprint density at radius 3 is 2.73 bits per heavy atom. The topological polar surface area (TPSA) is 59.4 Å². The van der Waals surface area contributed by atoms with Crippen molar-refractivity contribution in [3.8, 4) is 0 Å². The maximum Gasteiger partial charge on any atom is 0.411 e. The van der Waals surface area contributed by atoms with Gasteiger partial charge in [0.25, 0.3) is 0 Å². The van der Waals surface area contributed by atoms with Crippen LogP contribution >= 0.6 is 0 Å². The number of carbonyl (C=O) groups is 1. The second kappa shape index (κ2) is 8.42. The van der Waals surface area contributed by atoms with E-state index < -0.39 is 0 Å². The van der Waals surface area contributed by atoms with Crippen LogP contribution < -0.4 is 5.32 Å². The van der Waals surface area contributed by atoms with Crippen molar-refractivity contribution in [2.75, 3.05) is 25.0 Å². The number of para-hydroxylation sites is 1.